The lowest BCUT2D eigenvalue weighted by Crippen LogP contribution is -2.28. The van der Waals surface area contributed by atoms with Gasteiger partial charge in [0.15, 0.2) is 0 Å². The number of urea groups is 1. The molecule has 0 radical (unpaired) electrons. The van der Waals surface area contributed by atoms with E-state index in [9.17, 15) is 14.4 Å². The first-order valence-electron chi connectivity index (χ1n) is 8.31. The second-order valence-corrected chi connectivity index (χ2v) is 5.67. The minimum absolute atomic E-state index is 0.121. The molecule has 0 aliphatic heterocycles. The number of pyridine rings is 1. The highest BCUT2D eigenvalue weighted by molar-refractivity contribution is 6.06. The van der Waals surface area contributed by atoms with E-state index in [-0.39, 0.29) is 17.9 Å². The number of rotatable bonds is 6. The van der Waals surface area contributed by atoms with Crippen LogP contribution in [0.1, 0.15) is 16.1 Å². The van der Waals surface area contributed by atoms with Crippen LogP contribution in [0.15, 0.2) is 64.1 Å². The number of ether oxygens (including phenoxy) is 1. The van der Waals surface area contributed by atoms with Crippen molar-refractivity contribution in [2.24, 2.45) is 0 Å². The number of aromatic nitrogens is 1. The third-order valence-electron chi connectivity index (χ3n) is 3.77. The summed E-state index contributed by atoms with van der Waals surface area (Å²) in [5, 5.41) is 7.94. The van der Waals surface area contributed by atoms with E-state index >= 15 is 0 Å². The maximum atomic E-state index is 12.4. The molecule has 0 fully saturated rings. The molecule has 9 heteroatoms. The Kier molecular flexibility index (Phi) is 5.75. The first-order valence-corrected chi connectivity index (χ1v) is 8.31. The molecule has 1 aromatic carbocycles. The van der Waals surface area contributed by atoms with Gasteiger partial charge in [-0.3, -0.25) is 9.59 Å². The van der Waals surface area contributed by atoms with Crippen molar-refractivity contribution < 1.29 is 18.7 Å². The predicted molar refractivity (Wildman–Crippen MR) is 103 cm³/mol. The summed E-state index contributed by atoms with van der Waals surface area (Å²) in [6.45, 7) is 0.264. The number of amides is 3. The number of benzene rings is 1. The van der Waals surface area contributed by atoms with Crippen LogP contribution in [-0.2, 0) is 6.54 Å². The van der Waals surface area contributed by atoms with Gasteiger partial charge in [-0.25, -0.2) is 4.79 Å². The standard InChI is InChI=1S/C19H18N4O5/c1-27-15-8-9-20-17(24)16(15)18(25)22-12-4-6-13(7-5-12)23-19(26)21-11-14-3-2-10-28-14/h2-10H,11H2,1H3,(H,20,24)(H,22,25)(H2,21,23,26). The number of H-pyrrole nitrogens is 1. The zero-order valence-corrected chi connectivity index (χ0v) is 14.9. The van der Waals surface area contributed by atoms with Gasteiger partial charge < -0.3 is 30.1 Å². The fourth-order valence-electron chi connectivity index (χ4n) is 2.43. The van der Waals surface area contributed by atoms with Gasteiger partial charge in [0.1, 0.15) is 17.1 Å². The van der Waals surface area contributed by atoms with Crippen LogP contribution in [0.25, 0.3) is 0 Å². The Hall–Kier alpha value is -4.01. The first-order chi connectivity index (χ1) is 13.6. The average Bonchev–Trinajstić information content (AvgIpc) is 3.21. The molecular formula is C19H18N4O5. The molecule has 2 heterocycles. The summed E-state index contributed by atoms with van der Waals surface area (Å²) in [7, 11) is 1.38. The molecule has 0 aliphatic carbocycles. The summed E-state index contributed by atoms with van der Waals surface area (Å²) in [6.07, 6.45) is 2.93. The summed E-state index contributed by atoms with van der Waals surface area (Å²) < 4.78 is 10.2. The molecule has 0 atom stereocenters. The molecule has 3 aromatic rings. The molecule has 28 heavy (non-hydrogen) atoms. The second-order valence-electron chi connectivity index (χ2n) is 5.67. The van der Waals surface area contributed by atoms with Gasteiger partial charge in [0.2, 0.25) is 0 Å². The first kappa shape index (κ1) is 18.8. The lowest BCUT2D eigenvalue weighted by Gasteiger charge is -2.10. The van der Waals surface area contributed by atoms with Gasteiger partial charge in [-0.05, 0) is 42.5 Å². The Morgan fingerprint density at radius 3 is 2.43 bits per heavy atom. The minimum atomic E-state index is -0.601. The van der Waals surface area contributed by atoms with Crippen molar-refractivity contribution >= 4 is 23.3 Å². The topological polar surface area (TPSA) is 125 Å². The normalized spacial score (nSPS) is 10.2. The molecule has 3 amide bonds. The van der Waals surface area contributed by atoms with Gasteiger partial charge in [-0.15, -0.1) is 0 Å². The number of carbonyl (C=O) groups is 2. The molecule has 0 bridgehead atoms. The van der Waals surface area contributed by atoms with Crippen LogP contribution >= 0.6 is 0 Å². The van der Waals surface area contributed by atoms with Crippen molar-refractivity contribution in [1.29, 1.82) is 0 Å². The minimum Gasteiger partial charge on any atom is -0.496 e. The number of nitrogens with one attached hydrogen (secondary N) is 4. The summed E-state index contributed by atoms with van der Waals surface area (Å²) in [5.74, 6) is 0.211. The van der Waals surface area contributed by atoms with Gasteiger partial charge in [0, 0.05) is 17.6 Å². The molecule has 2 aromatic heterocycles. The lowest BCUT2D eigenvalue weighted by atomic mass is 10.2. The summed E-state index contributed by atoms with van der Waals surface area (Å²) >= 11 is 0. The molecule has 0 spiro atoms. The third-order valence-corrected chi connectivity index (χ3v) is 3.77. The monoisotopic (exact) mass is 382 g/mol. The highest BCUT2D eigenvalue weighted by Crippen LogP contribution is 2.17. The molecule has 0 saturated carbocycles. The van der Waals surface area contributed by atoms with E-state index in [1.165, 1.54) is 25.6 Å². The van der Waals surface area contributed by atoms with E-state index in [0.717, 1.165) is 0 Å². The highest BCUT2D eigenvalue weighted by atomic mass is 16.5. The van der Waals surface area contributed by atoms with Crippen molar-refractivity contribution in [1.82, 2.24) is 10.3 Å². The van der Waals surface area contributed by atoms with Crippen molar-refractivity contribution in [2.75, 3.05) is 17.7 Å². The van der Waals surface area contributed by atoms with Gasteiger partial charge in [-0.2, -0.15) is 0 Å². The van der Waals surface area contributed by atoms with Crippen LogP contribution in [0.5, 0.6) is 5.75 Å². The molecule has 0 unspecified atom stereocenters. The van der Waals surface area contributed by atoms with Crippen LogP contribution in [0, 0.1) is 0 Å². The maximum Gasteiger partial charge on any atom is 0.319 e. The number of anilines is 2. The van der Waals surface area contributed by atoms with E-state index in [4.69, 9.17) is 9.15 Å². The zero-order valence-electron chi connectivity index (χ0n) is 14.9. The summed E-state index contributed by atoms with van der Waals surface area (Å²) in [5.41, 5.74) is 0.315. The van der Waals surface area contributed by atoms with Crippen LogP contribution in [0.4, 0.5) is 16.2 Å². The molecule has 144 valence electrons. The molecular weight excluding hydrogens is 364 g/mol. The van der Waals surface area contributed by atoms with Crippen LogP contribution in [-0.4, -0.2) is 24.0 Å². The zero-order chi connectivity index (χ0) is 19.9. The summed E-state index contributed by atoms with van der Waals surface area (Å²) in [6, 6.07) is 11.0. The van der Waals surface area contributed by atoms with Crippen molar-refractivity contribution in [2.45, 2.75) is 6.54 Å². The van der Waals surface area contributed by atoms with Crippen molar-refractivity contribution in [3.63, 3.8) is 0 Å². The van der Waals surface area contributed by atoms with Crippen molar-refractivity contribution in [3.8, 4) is 5.75 Å². The quantitative estimate of drug-likeness (QED) is 0.521. The molecule has 9 nitrogen and oxygen atoms in total. The Morgan fingerprint density at radius 1 is 1.07 bits per heavy atom. The highest BCUT2D eigenvalue weighted by Gasteiger charge is 2.16. The number of furan rings is 1. The SMILES string of the molecule is COc1cc[nH]c(=O)c1C(=O)Nc1ccc(NC(=O)NCc2ccco2)cc1. The fourth-order valence-corrected chi connectivity index (χ4v) is 2.43. The van der Waals surface area contributed by atoms with Crippen LogP contribution in [0.2, 0.25) is 0 Å². The van der Waals surface area contributed by atoms with E-state index in [2.05, 4.69) is 20.9 Å². The number of carbonyl (C=O) groups excluding carboxylic acids is 2. The summed E-state index contributed by atoms with van der Waals surface area (Å²) in [4.78, 5) is 38.6. The van der Waals surface area contributed by atoms with E-state index in [0.29, 0.717) is 17.1 Å². The van der Waals surface area contributed by atoms with Gasteiger partial charge in [-0.1, -0.05) is 0 Å². The number of methoxy groups -OCH3 is 1. The molecule has 0 aliphatic rings. The number of hydrogen-bond donors (Lipinski definition) is 4. The van der Waals surface area contributed by atoms with Gasteiger partial charge in [0.05, 0.1) is 19.9 Å². The molecule has 3 rings (SSSR count). The number of aromatic amines is 1. The van der Waals surface area contributed by atoms with E-state index < -0.39 is 17.5 Å². The maximum absolute atomic E-state index is 12.4. The van der Waals surface area contributed by atoms with Crippen molar-refractivity contribution in [3.05, 3.63) is 76.6 Å². The smallest absolute Gasteiger partial charge is 0.319 e. The Labute approximate surface area is 159 Å². The van der Waals surface area contributed by atoms with E-state index in [1.807, 2.05) is 0 Å². The second kappa shape index (κ2) is 8.58. The molecule has 4 N–H and O–H groups in total. The Morgan fingerprint density at radius 2 is 1.79 bits per heavy atom. The van der Waals surface area contributed by atoms with Crippen LogP contribution in [0.3, 0.4) is 0 Å². The Balaban J connectivity index is 1.59. The fraction of sp³-hybridized carbons (Fsp3) is 0.105. The average molecular weight is 382 g/mol. The Bertz CT molecular complexity index is 1010. The van der Waals surface area contributed by atoms with Gasteiger partial charge >= 0.3 is 6.03 Å². The predicted octanol–water partition coefficient (Wildman–Crippen LogP) is 2.55. The van der Waals surface area contributed by atoms with Crippen LogP contribution < -0.4 is 26.2 Å². The molecule has 0 saturated heterocycles. The van der Waals surface area contributed by atoms with Gasteiger partial charge in [0.25, 0.3) is 11.5 Å². The lowest BCUT2D eigenvalue weighted by molar-refractivity contribution is 0.102. The number of hydrogen-bond acceptors (Lipinski definition) is 5. The van der Waals surface area contributed by atoms with E-state index in [1.54, 1.807) is 36.4 Å². The largest absolute Gasteiger partial charge is 0.496 e. The third kappa shape index (κ3) is 4.58.